The molecule has 0 saturated carbocycles. The van der Waals surface area contributed by atoms with E-state index in [1.165, 1.54) is 135 Å². The summed E-state index contributed by atoms with van der Waals surface area (Å²) in [5.74, 6) is -0.967. The molecule has 0 radical (unpaired) electrons. The van der Waals surface area contributed by atoms with Crippen LogP contribution in [0.15, 0.2) is 72.9 Å². The number of ether oxygens (including phenoxy) is 3. The molecule has 0 saturated heterocycles. The largest absolute Gasteiger partial charge is 0.462 e. The Morgan fingerprint density at radius 1 is 0.308 bits per heavy atom. The van der Waals surface area contributed by atoms with Crippen molar-refractivity contribution < 1.29 is 28.6 Å². The molecule has 0 rings (SSSR count). The lowest BCUT2D eigenvalue weighted by atomic mass is 10.1. The Kier molecular flexibility index (Phi) is 50.9. The Balaban J connectivity index is 4.48. The van der Waals surface area contributed by atoms with Gasteiger partial charge in [0.15, 0.2) is 6.10 Å². The Bertz CT molecular complexity index is 1230. The smallest absolute Gasteiger partial charge is 0.306 e. The molecule has 0 fully saturated rings. The number of unbranched alkanes of at least 4 members (excludes halogenated alkanes) is 26. The summed E-state index contributed by atoms with van der Waals surface area (Å²) in [5.41, 5.74) is 0. The standard InChI is InChI=1S/C59H102O6/c1-4-7-10-13-16-19-22-25-28-29-32-34-37-40-43-46-49-52-58(61)64-55-56(65-59(62)53-50-47-44-41-38-35-31-27-24-21-18-15-12-9-6-3)54-63-57(60)51-48-45-42-39-36-33-30-26-23-20-17-14-11-8-5-2/h18,20-21,23,25,27-28,31-32,34,40,43,56H,4-17,19,22,24,26,29-30,33,35-39,41-42,44-55H2,1-3H3/b21-18-,23-20-,28-25-,31-27-,34-32-,43-40-/t56-/m0/s1. The average molecular weight is 907 g/mol. The number of hydrogen-bond donors (Lipinski definition) is 0. The fourth-order valence-electron chi connectivity index (χ4n) is 7.48. The molecule has 6 nitrogen and oxygen atoms in total. The summed E-state index contributed by atoms with van der Waals surface area (Å²) in [7, 11) is 0. The van der Waals surface area contributed by atoms with E-state index in [1.54, 1.807) is 0 Å². The summed E-state index contributed by atoms with van der Waals surface area (Å²) in [4.78, 5) is 38.0. The monoisotopic (exact) mass is 907 g/mol. The molecule has 65 heavy (non-hydrogen) atoms. The van der Waals surface area contributed by atoms with Crippen LogP contribution >= 0.6 is 0 Å². The third kappa shape index (κ3) is 51.7. The minimum atomic E-state index is -0.804. The Hall–Kier alpha value is -3.15. The molecule has 0 heterocycles. The van der Waals surface area contributed by atoms with E-state index in [2.05, 4.69) is 93.7 Å². The van der Waals surface area contributed by atoms with Crippen LogP contribution in [-0.2, 0) is 28.6 Å². The molecule has 0 spiro atoms. The first kappa shape index (κ1) is 61.9. The SMILES string of the molecule is CCCCC/C=C\C/C=C\CCCCCCCC(=O)O[C@H](COC(=O)CCC/C=C\C/C=C\C/C=C\CCCCCCCC)COC(=O)CCCCCCCCC/C=C\CCCCCC. The molecule has 0 aromatic carbocycles. The van der Waals surface area contributed by atoms with Crippen LogP contribution in [0.4, 0.5) is 0 Å². The third-order valence-corrected chi connectivity index (χ3v) is 11.7. The number of rotatable bonds is 49. The highest BCUT2D eigenvalue weighted by Crippen LogP contribution is 2.14. The van der Waals surface area contributed by atoms with Crippen molar-refractivity contribution in [2.24, 2.45) is 0 Å². The molecule has 0 bridgehead atoms. The Morgan fingerprint density at radius 3 is 0.985 bits per heavy atom. The van der Waals surface area contributed by atoms with E-state index in [0.29, 0.717) is 19.3 Å². The summed E-state index contributed by atoms with van der Waals surface area (Å²) >= 11 is 0. The van der Waals surface area contributed by atoms with E-state index >= 15 is 0 Å². The van der Waals surface area contributed by atoms with Crippen molar-refractivity contribution >= 4 is 17.9 Å². The van der Waals surface area contributed by atoms with E-state index in [1.807, 2.05) is 0 Å². The first-order chi connectivity index (χ1) is 32.0. The number of carbonyl (C=O) groups is 3. The quantitative estimate of drug-likeness (QED) is 0.0262. The number of hydrogen-bond acceptors (Lipinski definition) is 6. The second kappa shape index (κ2) is 53.5. The third-order valence-electron chi connectivity index (χ3n) is 11.7. The number of esters is 3. The van der Waals surface area contributed by atoms with E-state index in [-0.39, 0.29) is 37.5 Å². The molecule has 0 unspecified atom stereocenters. The average Bonchev–Trinajstić information content (AvgIpc) is 3.30. The summed E-state index contributed by atoms with van der Waals surface area (Å²) < 4.78 is 16.8. The molecular weight excluding hydrogens is 805 g/mol. The minimum Gasteiger partial charge on any atom is -0.462 e. The van der Waals surface area contributed by atoms with E-state index in [9.17, 15) is 14.4 Å². The molecule has 0 N–H and O–H groups in total. The Labute approximate surface area is 402 Å². The fraction of sp³-hybridized carbons (Fsp3) is 0.746. The van der Waals surface area contributed by atoms with E-state index in [0.717, 1.165) is 83.5 Å². The molecule has 0 aliphatic rings. The second-order valence-electron chi connectivity index (χ2n) is 18.1. The van der Waals surface area contributed by atoms with Crippen LogP contribution < -0.4 is 0 Å². The van der Waals surface area contributed by atoms with Crippen LogP contribution in [-0.4, -0.2) is 37.2 Å². The van der Waals surface area contributed by atoms with Gasteiger partial charge in [0, 0.05) is 19.3 Å². The van der Waals surface area contributed by atoms with Gasteiger partial charge in [0.1, 0.15) is 13.2 Å². The van der Waals surface area contributed by atoms with E-state index < -0.39 is 6.10 Å². The van der Waals surface area contributed by atoms with Gasteiger partial charge in [-0.25, -0.2) is 0 Å². The van der Waals surface area contributed by atoms with Gasteiger partial charge in [0.2, 0.25) is 0 Å². The van der Waals surface area contributed by atoms with Crippen molar-refractivity contribution in [3.63, 3.8) is 0 Å². The van der Waals surface area contributed by atoms with E-state index in [4.69, 9.17) is 14.2 Å². The van der Waals surface area contributed by atoms with Crippen LogP contribution in [0.1, 0.15) is 265 Å². The van der Waals surface area contributed by atoms with Gasteiger partial charge in [-0.15, -0.1) is 0 Å². The van der Waals surface area contributed by atoms with Crippen molar-refractivity contribution in [3.8, 4) is 0 Å². The lowest BCUT2D eigenvalue weighted by Gasteiger charge is -2.18. The molecule has 0 aromatic heterocycles. The minimum absolute atomic E-state index is 0.0988. The lowest BCUT2D eigenvalue weighted by molar-refractivity contribution is -0.167. The topological polar surface area (TPSA) is 78.9 Å². The van der Waals surface area contributed by atoms with Crippen molar-refractivity contribution in [2.75, 3.05) is 13.2 Å². The second-order valence-corrected chi connectivity index (χ2v) is 18.1. The van der Waals surface area contributed by atoms with Crippen LogP contribution in [0.2, 0.25) is 0 Å². The maximum Gasteiger partial charge on any atom is 0.306 e. The predicted molar refractivity (Wildman–Crippen MR) is 279 cm³/mol. The molecule has 0 amide bonds. The molecular formula is C59H102O6. The van der Waals surface area contributed by atoms with Gasteiger partial charge in [-0.1, -0.05) is 209 Å². The van der Waals surface area contributed by atoms with Crippen LogP contribution in [0.5, 0.6) is 0 Å². The zero-order valence-corrected chi connectivity index (χ0v) is 42.7. The summed E-state index contributed by atoms with van der Waals surface area (Å²) in [6.07, 6.45) is 67.4. The number of carbonyl (C=O) groups excluding carboxylic acids is 3. The predicted octanol–water partition coefficient (Wildman–Crippen LogP) is 18.2. The zero-order valence-electron chi connectivity index (χ0n) is 42.7. The van der Waals surface area contributed by atoms with Crippen LogP contribution in [0.3, 0.4) is 0 Å². The highest BCUT2D eigenvalue weighted by Gasteiger charge is 2.19. The maximum atomic E-state index is 12.8. The van der Waals surface area contributed by atoms with Gasteiger partial charge in [0.05, 0.1) is 0 Å². The van der Waals surface area contributed by atoms with Gasteiger partial charge < -0.3 is 14.2 Å². The first-order valence-corrected chi connectivity index (χ1v) is 27.4. The van der Waals surface area contributed by atoms with Crippen molar-refractivity contribution in [1.82, 2.24) is 0 Å². The molecule has 0 aliphatic heterocycles. The van der Waals surface area contributed by atoms with Crippen molar-refractivity contribution in [2.45, 2.75) is 271 Å². The van der Waals surface area contributed by atoms with Gasteiger partial charge in [-0.3, -0.25) is 14.4 Å². The fourth-order valence-corrected chi connectivity index (χ4v) is 7.48. The van der Waals surface area contributed by atoms with Crippen molar-refractivity contribution in [3.05, 3.63) is 72.9 Å². The van der Waals surface area contributed by atoms with Gasteiger partial charge >= 0.3 is 17.9 Å². The van der Waals surface area contributed by atoms with Gasteiger partial charge in [-0.05, 0) is 109 Å². The first-order valence-electron chi connectivity index (χ1n) is 27.4. The summed E-state index contributed by atoms with van der Waals surface area (Å²) in [6.45, 7) is 6.54. The molecule has 6 heteroatoms. The molecule has 0 aliphatic carbocycles. The number of allylic oxidation sites excluding steroid dienone is 12. The highest BCUT2D eigenvalue weighted by molar-refractivity contribution is 5.71. The normalized spacial score (nSPS) is 12.6. The summed E-state index contributed by atoms with van der Waals surface area (Å²) in [6, 6.07) is 0. The maximum absolute atomic E-state index is 12.8. The molecule has 374 valence electrons. The lowest BCUT2D eigenvalue weighted by Crippen LogP contribution is -2.30. The summed E-state index contributed by atoms with van der Waals surface area (Å²) in [5, 5.41) is 0. The molecule has 0 aromatic rings. The van der Waals surface area contributed by atoms with Crippen molar-refractivity contribution in [1.29, 1.82) is 0 Å². The van der Waals surface area contributed by atoms with Gasteiger partial charge in [0.25, 0.3) is 0 Å². The Morgan fingerprint density at radius 2 is 0.569 bits per heavy atom. The van der Waals surface area contributed by atoms with Crippen LogP contribution in [0, 0.1) is 0 Å². The molecule has 1 atom stereocenters. The highest BCUT2D eigenvalue weighted by atomic mass is 16.6. The van der Waals surface area contributed by atoms with Gasteiger partial charge in [-0.2, -0.15) is 0 Å². The van der Waals surface area contributed by atoms with Crippen LogP contribution in [0.25, 0.3) is 0 Å². The zero-order chi connectivity index (χ0) is 47.2.